The number of likely N-dealkylation sites (N-methyl/N-ethyl adjacent to an activating group) is 1. The summed E-state index contributed by atoms with van der Waals surface area (Å²) in [5.41, 5.74) is 6.71. The molecule has 3 aliphatic rings. The first-order chi connectivity index (χ1) is 18.4. The van der Waals surface area contributed by atoms with Gasteiger partial charge >= 0.3 is 0 Å². The second-order valence-corrected chi connectivity index (χ2v) is 12.3. The number of thiazole rings is 1. The molecule has 2 aromatic carbocycles. The lowest BCUT2D eigenvalue weighted by Gasteiger charge is -2.40. The second kappa shape index (κ2) is 8.89. The Kier molecular flexibility index (Phi) is 5.57. The van der Waals surface area contributed by atoms with Crippen LogP contribution in [0.2, 0.25) is 0 Å². The lowest BCUT2D eigenvalue weighted by molar-refractivity contribution is 0.0930. The van der Waals surface area contributed by atoms with E-state index >= 15 is 0 Å². The van der Waals surface area contributed by atoms with E-state index < -0.39 is 0 Å². The van der Waals surface area contributed by atoms with Crippen LogP contribution in [-0.2, 0) is 5.54 Å². The predicted molar refractivity (Wildman–Crippen MR) is 154 cm³/mol. The molecule has 2 saturated heterocycles. The summed E-state index contributed by atoms with van der Waals surface area (Å²) in [6, 6.07) is 16.2. The van der Waals surface area contributed by atoms with Crippen LogP contribution in [-0.4, -0.2) is 53.0 Å². The minimum atomic E-state index is -0.380. The first kappa shape index (κ1) is 23.8. The fraction of sp³-hybridized carbons (Fsp3) is 0.387. The third-order valence-corrected chi connectivity index (χ3v) is 9.74. The third kappa shape index (κ3) is 4.00. The van der Waals surface area contributed by atoms with Gasteiger partial charge in [-0.2, -0.15) is 0 Å². The molecule has 2 unspecified atom stereocenters. The van der Waals surface area contributed by atoms with Crippen molar-refractivity contribution in [3.8, 4) is 10.6 Å². The van der Waals surface area contributed by atoms with Crippen LogP contribution in [0.25, 0.3) is 21.5 Å². The molecule has 2 aliphatic heterocycles. The van der Waals surface area contributed by atoms with E-state index in [9.17, 15) is 4.79 Å². The molecule has 0 spiro atoms. The Hall–Kier alpha value is -3.29. The third-order valence-electron chi connectivity index (χ3n) is 8.92. The monoisotopic (exact) mass is 523 g/mol. The Morgan fingerprint density at radius 3 is 2.55 bits per heavy atom. The van der Waals surface area contributed by atoms with Gasteiger partial charge in [0.25, 0.3) is 5.91 Å². The van der Waals surface area contributed by atoms with Gasteiger partial charge in [0, 0.05) is 64.6 Å². The molecule has 2 atom stereocenters. The zero-order valence-corrected chi connectivity index (χ0v) is 23.0. The smallest absolute Gasteiger partial charge is 0.252 e. The van der Waals surface area contributed by atoms with Crippen molar-refractivity contribution in [2.45, 2.75) is 57.2 Å². The molecule has 4 heterocycles. The number of amides is 1. The maximum absolute atomic E-state index is 13.9. The summed E-state index contributed by atoms with van der Waals surface area (Å²) >= 11 is 1.63. The average molecular weight is 524 g/mol. The molecular formula is C31H33N5OS. The number of carbonyl (C=O) groups is 1. The van der Waals surface area contributed by atoms with Crippen LogP contribution in [0, 0.1) is 13.8 Å². The lowest BCUT2D eigenvalue weighted by Crippen LogP contribution is -2.52. The highest BCUT2D eigenvalue weighted by Gasteiger charge is 2.47. The Morgan fingerprint density at radius 1 is 1.05 bits per heavy atom. The van der Waals surface area contributed by atoms with E-state index in [-0.39, 0.29) is 11.4 Å². The summed E-state index contributed by atoms with van der Waals surface area (Å²) in [4.78, 5) is 28.3. The average Bonchev–Trinajstić information content (AvgIpc) is 3.41. The van der Waals surface area contributed by atoms with E-state index in [4.69, 9.17) is 4.98 Å². The molecule has 38 heavy (non-hydrogen) atoms. The van der Waals surface area contributed by atoms with Gasteiger partial charge in [-0.05, 0) is 88.0 Å². The van der Waals surface area contributed by atoms with Crippen LogP contribution in [0.4, 0.5) is 5.69 Å². The molecule has 2 bridgehead atoms. The number of piperazine rings is 1. The number of aromatic nitrogens is 2. The molecule has 7 heteroatoms. The van der Waals surface area contributed by atoms with Gasteiger partial charge in [-0.3, -0.25) is 14.7 Å². The summed E-state index contributed by atoms with van der Waals surface area (Å²) in [6.45, 7) is 6.12. The maximum Gasteiger partial charge on any atom is 0.252 e. The van der Waals surface area contributed by atoms with Crippen LogP contribution in [0.5, 0.6) is 0 Å². The van der Waals surface area contributed by atoms with Crippen LogP contribution < -0.4 is 10.2 Å². The number of hydrogen-bond donors (Lipinski definition) is 1. The maximum atomic E-state index is 13.9. The number of nitrogens with one attached hydrogen (secondary N) is 1. The van der Waals surface area contributed by atoms with Crippen molar-refractivity contribution >= 4 is 33.8 Å². The minimum Gasteiger partial charge on any atom is -0.368 e. The van der Waals surface area contributed by atoms with E-state index in [2.05, 4.69) is 69.6 Å². The van der Waals surface area contributed by atoms with Gasteiger partial charge in [-0.25, -0.2) is 4.98 Å². The molecule has 1 N–H and O–H groups in total. The van der Waals surface area contributed by atoms with Crippen molar-refractivity contribution in [3.05, 3.63) is 76.4 Å². The number of carbonyl (C=O) groups excluding carboxylic acids is 1. The first-order valence-corrected chi connectivity index (χ1v) is 14.5. The molecule has 0 radical (unpaired) electrons. The number of aryl methyl sites for hydroxylation is 2. The fourth-order valence-corrected chi connectivity index (χ4v) is 7.10. The van der Waals surface area contributed by atoms with Gasteiger partial charge in [-0.1, -0.05) is 12.1 Å². The summed E-state index contributed by atoms with van der Waals surface area (Å²) in [7, 11) is 2.26. The molecule has 194 valence electrons. The number of fused-ring (bicyclic) bond motifs is 3. The molecule has 7 rings (SSSR count). The highest BCUT2D eigenvalue weighted by atomic mass is 32.1. The Bertz CT molecular complexity index is 1530. The summed E-state index contributed by atoms with van der Waals surface area (Å²) in [5.74, 6) is 0.00632. The summed E-state index contributed by atoms with van der Waals surface area (Å²) in [6.07, 6.45) is 6.21. The van der Waals surface area contributed by atoms with Crippen molar-refractivity contribution < 1.29 is 4.79 Å². The minimum absolute atomic E-state index is 0.00632. The van der Waals surface area contributed by atoms with Gasteiger partial charge in [0.2, 0.25) is 0 Å². The first-order valence-electron chi connectivity index (χ1n) is 13.6. The Labute approximate surface area is 227 Å². The zero-order valence-electron chi connectivity index (χ0n) is 22.2. The SMILES string of the molecule is Cc1ccc2c(C3(NC(=O)c4cc(N5CC6CCC(C5)N6C)ccc4C)CC3)cc(-c3nccs3)cc2n1. The number of benzene rings is 2. The Balaban J connectivity index is 1.22. The van der Waals surface area contributed by atoms with E-state index in [1.807, 2.05) is 25.4 Å². The summed E-state index contributed by atoms with van der Waals surface area (Å²) < 4.78 is 0. The van der Waals surface area contributed by atoms with E-state index in [1.165, 1.54) is 12.8 Å². The zero-order chi connectivity index (χ0) is 26.0. The molecular weight excluding hydrogens is 490 g/mol. The number of hydrogen-bond acceptors (Lipinski definition) is 6. The number of pyridine rings is 1. The number of rotatable bonds is 5. The standard InChI is InChI=1S/C31H33N5OS/c1-19-4-6-22(36-17-23-7-8-24(18-36)35(23)3)16-26(19)29(37)34-31(10-11-31)27-14-21(30-32-12-13-38-30)15-28-25(27)9-5-20(2)33-28/h4-6,9,12-16,23-24H,7-8,10-11,17-18H2,1-3H3,(H,34,37). The van der Waals surface area contributed by atoms with Crippen LogP contribution >= 0.6 is 11.3 Å². The van der Waals surface area contributed by atoms with Crippen molar-refractivity contribution in [2.75, 3.05) is 25.0 Å². The van der Waals surface area contributed by atoms with Crippen LogP contribution in [0.3, 0.4) is 0 Å². The van der Waals surface area contributed by atoms with Crippen LogP contribution in [0.15, 0.2) is 54.0 Å². The lowest BCUT2D eigenvalue weighted by atomic mass is 9.95. The van der Waals surface area contributed by atoms with E-state index in [0.717, 1.165) is 75.5 Å². The molecule has 3 fully saturated rings. The van der Waals surface area contributed by atoms with Crippen molar-refractivity contribution in [1.29, 1.82) is 0 Å². The molecule has 6 nitrogen and oxygen atoms in total. The topological polar surface area (TPSA) is 61.4 Å². The normalized spacial score (nSPS) is 22.1. The Morgan fingerprint density at radius 2 is 1.84 bits per heavy atom. The fourth-order valence-electron chi connectivity index (χ4n) is 6.47. The summed E-state index contributed by atoms with van der Waals surface area (Å²) in [5, 5.41) is 7.55. The van der Waals surface area contributed by atoms with Gasteiger partial charge in [0.05, 0.1) is 11.1 Å². The number of anilines is 1. The quantitative estimate of drug-likeness (QED) is 0.365. The van der Waals surface area contributed by atoms with Crippen LogP contribution in [0.1, 0.15) is 52.9 Å². The van der Waals surface area contributed by atoms with Crippen molar-refractivity contribution in [1.82, 2.24) is 20.2 Å². The van der Waals surface area contributed by atoms with Gasteiger partial charge < -0.3 is 10.2 Å². The largest absolute Gasteiger partial charge is 0.368 e. The van der Waals surface area contributed by atoms with Crippen molar-refractivity contribution in [3.63, 3.8) is 0 Å². The number of nitrogens with zero attached hydrogens (tertiary/aromatic N) is 4. The van der Waals surface area contributed by atoms with Gasteiger partial charge in [0.15, 0.2) is 0 Å². The highest BCUT2D eigenvalue weighted by molar-refractivity contribution is 7.13. The second-order valence-electron chi connectivity index (χ2n) is 11.4. The molecule has 2 aromatic heterocycles. The highest BCUT2D eigenvalue weighted by Crippen LogP contribution is 2.49. The molecule has 1 amide bonds. The predicted octanol–water partition coefficient (Wildman–Crippen LogP) is 5.68. The molecule has 1 aliphatic carbocycles. The van der Waals surface area contributed by atoms with E-state index in [1.54, 1.807) is 11.3 Å². The van der Waals surface area contributed by atoms with Gasteiger partial charge in [0.1, 0.15) is 5.01 Å². The molecule has 1 saturated carbocycles. The van der Waals surface area contributed by atoms with Crippen molar-refractivity contribution in [2.24, 2.45) is 0 Å². The molecule has 4 aromatic rings. The van der Waals surface area contributed by atoms with E-state index in [0.29, 0.717) is 12.1 Å². The van der Waals surface area contributed by atoms with Gasteiger partial charge in [-0.15, -0.1) is 11.3 Å².